The standard InChI is InChI=1S/C15H17Cl2NO/c1-15(5-3-2-4-6-15)12-10-7-9(16)8-11(17)13(10)18-14(12)19/h7-8,12H,2-6H2,1H3,(H,18,19). The number of fused-ring (bicyclic) bond motifs is 1. The van der Waals surface area contributed by atoms with E-state index in [9.17, 15) is 4.79 Å². The third-order valence-electron chi connectivity index (χ3n) is 4.60. The number of anilines is 1. The minimum Gasteiger partial charge on any atom is -0.324 e. The molecular formula is C15H17Cl2NO. The van der Waals surface area contributed by atoms with E-state index in [-0.39, 0.29) is 17.2 Å². The molecule has 3 rings (SSSR count). The molecular weight excluding hydrogens is 281 g/mol. The smallest absolute Gasteiger partial charge is 0.232 e. The van der Waals surface area contributed by atoms with Gasteiger partial charge in [-0.15, -0.1) is 0 Å². The highest BCUT2D eigenvalue weighted by atomic mass is 35.5. The Morgan fingerprint density at radius 2 is 1.89 bits per heavy atom. The maximum Gasteiger partial charge on any atom is 0.232 e. The Hall–Kier alpha value is -0.730. The van der Waals surface area contributed by atoms with Crippen LogP contribution in [0.25, 0.3) is 0 Å². The normalized spacial score (nSPS) is 25.0. The molecule has 0 aromatic heterocycles. The van der Waals surface area contributed by atoms with E-state index in [0.29, 0.717) is 10.0 Å². The summed E-state index contributed by atoms with van der Waals surface area (Å²) in [5.41, 5.74) is 1.77. The van der Waals surface area contributed by atoms with Crippen molar-refractivity contribution in [3.63, 3.8) is 0 Å². The molecule has 102 valence electrons. The van der Waals surface area contributed by atoms with Crippen molar-refractivity contribution in [1.29, 1.82) is 0 Å². The molecule has 0 bridgehead atoms. The van der Waals surface area contributed by atoms with Gasteiger partial charge in [0.15, 0.2) is 0 Å². The molecule has 19 heavy (non-hydrogen) atoms. The number of carbonyl (C=O) groups is 1. The summed E-state index contributed by atoms with van der Waals surface area (Å²) in [7, 11) is 0. The summed E-state index contributed by atoms with van der Waals surface area (Å²) in [6.45, 7) is 2.22. The largest absolute Gasteiger partial charge is 0.324 e. The molecule has 4 heteroatoms. The van der Waals surface area contributed by atoms with Gasteiger partial charge in [-0.3, -0.25) is 4.79 Å². The first-order valence-corrected chi connectivity index (χ1v) is 7.57. The zero-order valence-electron chi connectivity index (χ0n) is 10.9. The van der Waals surface area contributed by atoms with E-state index in [0.717, 1.165) is 24.1 Å². The fourth-order valence-corrected chi connectivity index (χ4v) is 4.19. The lowest BCUT2D eigenvalue weighted by atomic mass is 9.65. The van der Waals surface area contributed by atoms with Gasteiger partial charge in [-0.25, -0.2) is 0 Å². The highest BCUT2D eigenvalue weighted by molar-refractivity contribution is 6.37. The van der Waals surface area contributed by atoms with Crippen LogP contribution < -0.4 is 5.32 Å². The van der Waals surface area contributed by atoms with Crippen molar-refractivity contribution in [1.82, 2.24) is 0 Å². The van der Waals surface area contributed by atoms with Crippen LogP contribution in [0, 0.1) is 5.41 Å². The van der Waals surface area contributed by atoms with Crippen LogP contribution in [0.15, 0.2) is 12.1 Å². The lowest BCUT2D eigenvalue weighted by Crippen LogP contribution is -2.32. The van der Waals surface area contributed by atoms with E-state index >= 15 is 0 Å². The molecule has 1 atom stereocenters. The summed E-state index contributed by atoms with van der Waals surface area (Å²) in [5, 5.41) is 4.08. The molecule has 2 nitrogen and oxygen atoms in total. The zero-order valence-corrected chi connectivity index (χ0v) is 12.4. The Morgan fingerprint density at radius 3 is 2.58 bits per heavy atom. The van der Waals surface area contributed by atoms with Gasteiger partial charge in [0.1, 0.15) is 0 Å². The number of benzene rings is 1. The molecule has 1 unspecified atom stereocenters. The average molecular weight is 298 g/mol. The van der Waals surface area contributed by atoms with Crippen LogP contribution in [0.5, 0.6) is 0 Å². The number of rotatable bonds is 1. The molecule has 1 heterocycles. The zero-order chi connectivity index (χ0) is 13.6. The molecule has 1 aliphatic carbocycles. The van der Waals surface area contributed by atoms with Crippen molar-refractivity contribution in [2.75, 3.05) is 5.32 Å². The molecule has 0 saturated heterocycles. The molecule has 2 aliphatic rings. The van der Waals surface area contributed by atoms with E-state index in [1.807, 2.05) is 6.07 Å². The number of carbonyl (C=O) groups excluding carboxylic acids is 1. The topological polar surface area (TPSA) is 29.1 Å². The molecule has 1 aromatic carbocycles. The Kier molecular flexibility index (Phi) is 3.26. The summed E-state index contributed by atoms with van der Waals surface area (Å²) in [5.74, 6) is -0.0393. The predicted molar refractivity (Wildman–Crippen MR) is 79.0 cm³/mol. The van der Waals surface area contributed by atoms with Gasteiger partial charge in [0.05, 0.1) is 16.6 Å². The molecule has 0 spiro atoms. The van der Waals surface area contributed by atoms with Crippen molar-refractivity contribution in [2.45, 2.75) is 44.9 Å². The summed E-state index contributed by atoms with van der Waals surface area (Å²) >= 11 is 12.3. The molecule has 1 fully saturated rings. The van der Waals surface area contributed by atoms with Gasteiger partial charge in [0, 0.05) is 5.02 Å². The molecule has 1 amide bonds. The first-order valence-electron chi connectivity index (χ1n) is 6.81. The third-order valence-corrected chi connectivity index (χ3v) is 5.12. The summed E-state index contributed by atoms with van der Waals surface area (Å²) < 4.78 is 0. The number of hydrogen-bond acceptors (Lipinski definition) is 1. The van der Waals surface area contributed by atoms with Crippen LogP contribution in [0.3, 0.4) is 0 Å². The fourth-order valence-electron chi connectivity index (χ4n) is 3.63. The van der Waals surface area contributed by atoms with Gasteiger partial charge in [-0.2, -0.15) is 0 Å². The Morgan fingerprint density at radius 1 is 1.21 bits per heavy atom. The van der Waals surface area contributed by atoms with Gasteiger partial charge in [-0.1, -0.05) is 49.4 Å². The molecule has 1 saturated carbocycles. The molecule has 1 aromatic rings. The van der Waals surface area contributed by atoms with Crippen LogP contribution >= 0.6 is 23.2 Å². The summed E-state index contributed by atoms with van der Waals surface area (Å²) in [6.07, 6.45) is 5.85. The van der Waals surface area contributed by atoms with Crippen molar-refractivity contribution < 1.29 is 4.79 Å². The van der Waals surface area contributed by atoms with Crippen LogP contribution in [0.1, 0.15) is 50.5 Å². The highest BCUT2D eigenvalue weighted by Crippen LogP contribution is 2.53. The number of halogens is 2. The van der Waals surface area contributed by atoms with Crippen LogP contribution in [-0.4, -0.2) is 5.91 Å². The lowest BCUT2D eigenvalue weighted by molar-refractivity contribution is -0.120. The first-order chi connectivity index (χ1) is 9.01. The van der Waals surface area contributed by atoms with Crippen molar-refractivity contribution in [3.8, 4) is 0 Å². The van der Waals surface area contributed by atoms with E-state index in [1.165, 1.54) is 19.3 Å². The second-order valence-electron chi connectivity index (χ2n) is 5.99. The van der Waals surface area contributed by atoms with Gasteiger partial charge in [-0.05, 0) is 36.0 Å². The fraction of sp³-hybridized carbons (Fsp3) is 0.533. The van der Waals surface area contributed by atoms with E-state index in [2.05, 4.69) is 12.2 Å². The van der Waals surface area contributed by atoms with Gasteiger partial charge < -0.3 is 5.32 Å². The SMILES string of the molecule is CC1(C2C(=O)Nc3c(Cl)cc(Cl)cc32)CCCCC1. The Balaban J connectivity index is 2.07. The second kappa shape index (κ2) is 4.68. The number of amides is 1. The monoisotopic (exact) mass is 297 g/mol. The molecule has 1 N–H and O–H groups in total. The highest BCUT2D eigenvalue weighted by Gasteiger charge is 2.45. The maximum absolute atomic E-state index is 12.4. The Bertz CT molecular complexity index is 535. The van der Waals surface area contributed by atoms with E-state index in [4.69, 9.17) is 23.2 Å². The Labute approximate surface area is 123 Å². The average Bonchev–Trinajstić information content (AvgIpc) is 2.67. The second-order valence-corrected chi connectivity index (χ2v) is 6.83. The third kappa shape index (κ3) is 2.15. The van der Waals surface area contributed by atoms with Crippen molar-refractivity contribution in [2.24, 2.45) is 5.41 Å². The minimum absolute atomic E-state index is 0.0294. The molecule has 1 aliphatic heterocycles. The van der Waals surface area contributed by atoms with E-state index < -0.39 is 0 Å². The van der Waals surface area contributed by atoms with Gasteiger partial charge in [0.25, 0.3) is 0 Å². The maximum atomic E-state index is 12.4. The van der Waals surface area contributed by atoms with Gasteiger partial charge >= 0.3 is 0 Å². The van der Waals surface area contributed by atoms with Crippen molar-refractivity contribution >= 4 is 34.8 Å². The quantitative estimate of drug-likeness (QED) is 0.776. The number of hydrogen-bond donors (Lipinski definition) is 1. The van der Waals surface area contributed by atoms with Crippen molar-refractivity contribution in [3.05, 3.63) is 27.7 Å². The van der Waals surface area contributed by atoms with Gasteiger partial charge in [0.2, 0.25) is 5.91 Å². The first kappa shape index (κ1) is 13.3. The number of nitrogens with one attached hydrogen (secondary N) is 1. The summed E-state index contributed by atoms with van der Waals surface area (Å²) in [6, 6.07) is 3.58. The predicted octanol–water partition coefficient (Wildman–Crippen LogP) is 5.00. The molecule has 0 radical (unpaired) electrons. The minimum atomic E-state index is -0.112. The summed E-state index contributed by atoms with van der Waals surface area (Å²) in [4.78, 5) is 12.4. The van der Waals surface area contributed by atoms with Crippen LogP contribution in [0.2, 0.25) is 10.0 Å². The van der Waals surface area contributed by atoms with Crippen LogP contribution in [0.4, 0.5) is 5.69 Å². The lowest BCUT2D eigenvalue weighted by Gasteiger charge is -2.38. The van der Waals surface area contributed by atoms with E-state index in [1.54, 1.807) is 6.07 Å². The van der Waals surface area contributed by atoms with Crippen LogP contribution in [-0.2, 0) is 4.79 Å².